The van der Waals surface area contributed by atoms with Crippen LogP contribution in [0.2, 0.25) is 0 Å². The number of methoxy groups -OCH3 is 1. The van der Waals surface area contributed by atoms with Crippen molar-refractivity contribution in [3.63, 3.8) is 0 Å². The number of nitrogens with zero attached hydrogens (tertiary/aromatic N) is 4. The number of ether oxygens (including phenoxy) is 2. The lowest BCUT2D eigenvalue weighted by molar-refractivity contribution is 0.0447. The van der Waals surface area contributed by atoms with E-state index in [-0.39, 0.29) is 35.8 Å². The van der Waals surface area contributed by atoms with Gasteiger partial charge in [-0.2, -0.15) is 14.4 Å². The molecule has 10 heteroatoms. The monoisotopic (exact) mass is 512 g/mol. The van der Waals surface area contributed by atoms with Crippen LogP contribution in [0.5, 0.6) is 5.75 Å². The van der Waals surface area contributed by atoms with Gasteiger partial charge in [0.2, 0.25) is 0 Å². The highest BCUT2D eigenvalue weighted by Crippen LogP contribution is 2.39. The fourth-order valence-corrected chi connectivity index (χ4v) is 5.08. The Labute approximate surface area is 211 Å². The summed E-state index contributed by atoms with van der Waals surface area (Å²) >= 11 is 0. The van der Waals surface area contributed by atoms with Crippen molar-refractivity contribution in [2.75, 3.05) is 31.9 Å². The third-order valence-electron chi connectivity index (χ3n) is 6.70. The molecule has 2 aromatic heterocycles. The van der Waals surface area contributed by atoms with Crippen LogP contribution in [-0.2, 0) is 11.2 Å². The van der Waals surface area contributed by atoms with Crippen LogP contribution < -0.4 is 9.64 Å². The second-order valence-electron chi connectivity index (χ2n) is 9.52. The molecule has 2 aromatic carbocycles. The lowest BCUT2D eigenvalue weighted by atomic mass is 9.94. The first-order valence-electron chi connectivity index (χ1n) is 12.1. The minimum atomic E-state index is -1.09. The number of pyridine rings is 1. The molecular formula is C27H27F3N4O3. The molecule has 0 amide bonds. The summed E-state index contributed by atoms with van der Waals surface area (Å²) in [6.45, 7) is 4.20. The predicted octanol–water partition coefficient (Wildman–Crippen LogP) is 5.16. The number of aryl methyl sites for hydroxylation is 1. The maximum atomic E-state index is 16.1. The molecule has 0 saturated carbocycles. The number of aliphatic hydroxyl groups is 1. The summed E-state index contributed by atoms with van der Waals surface area (Å²) in [6.07, 6.45) is 1.92. The van der Waals surface area contributed by atoms with Gasteiger partial charge in [0.15, 0.2) is 12.6 Å². The van der Waals surface area contributed by atoms with Crippen molar-refractivity contribution in [1.82, 2.24) is 15.0 Å². The fraction of sp³-hybridized carbons (Fsp3) is 0.370. The molecule has 4 aromatic rings. The molecule has 7 nitrogen and oxygen atoms in total. The van der Waals surface area contributed by atoms with Crippen molar-refractivity contribution < 1.29 is 27.8 Å². The molecule has 0 unspecified atom stereocenters. The average molecular weight is 513 g/mol. The van der Waals surface area contributed by atoms with Gasteiger partial charge in [0.05, 0.1) is 11.0 Å². The van der Waals surface area contributed by atoms with Crippen molar-refractivity contribution in [2.45, 2.75) is 38.7 Å². The van der Waals surface area contributed by atoms with Gasteiger partial charge in [-0.05, 0) is 60.7 Å². The standard InChI is InChI=1S/C27H27F3N4O3/c1-4-17-20(28)7-6-15-10-16(37-14-36-3)11-18(21(15)17)23-22(29)24-19(12-31-23)25(33-26(30)32-24)34-9-5-8-27(2,35)13-34/h6-7,10-12,35H,4-5,8-9,13-14H2,1-3H3/t27-/m1/s1. The van der Waals surface area contributed by atoms with Crippen molar-refractivity contribution in [3.05, 3.63) is 53.7 Å². The van der Waals surface area contributed by atoms with Gasteiger partial charge in [-0.1, -0.05) is 13.0 Å². The van der Waals surface area contributed by atoms with Gasteiger partial charge in [-0.15, -0.1) is 0 Å². The van der Waals surface area contributed by atoms with E-state index < -0.39 is 23.3 Å². The molecule has 0 bridgehead atoms. The maximum Gasteiger partial charge on any atom is 0.311 e. The maximum absolute atomic E-state index is 16.1. The van der Waals surface area contributed by atoms with Gasteiger partial charge in [-0.25, -0.2) is 8.78 Å². The van der Waals surface area contributed by atoms with E-state index in [9.17, 15) is 13.9 Å². The molecule has 1 N–H and O–H groups in total. The summed E-state index contributed by atoms with van der Waals surface area (Å²) in [4.78, 5) is 13.8. The number of benzene rings is 2. The lowest BCUT2D eigenvalue weighted by Crippen LogP contribution is -2.46. The Morgan fingerprint density at radius 2 is 1.97 bits per heavy atom. The van der Waals surface area contributed by atoms with Crippen LogP contribution in [0.3, 0.4) is 0 Å². The minimum absolute atomic E-state index is 0.0399. The number of halogens is 3. The molecule has 1 atom stereocenters. The summed E-state index contributed by atoms with van der Waals surface area (Å²) in [6, 6.07) is 6.24. The van der Waals surface area contributed by atoms with Crippen molar-refractivity contribution >= 4 is 27.5 Å². The fourth-order valence-electron chi connectivity index (χ4n) is 5.08. The predicted molar refractivity (Wildman–Crippen MR) is 134 cm³/mol. The van der Waals surface area contributed by atoms with Crippen molar-refractivity contribution in [2.24, 2.45) is 0 Å². The molecule has 37 heavy (non-hydrogen) atoms. The Balaban J connectivity index is 1.74. The van der Waals surface area contributed by atoms with Gasteiger partial charge in [0, 0.05) is 32.0 Å². The summed E-state index contributed by atoms with van der Waals surface area (Å²) in [5.74, 6) is -0.733. The summed E-state index contributed by atoms with van der Waals surface area (Å²) < 4.78 is 56.1. The third kappa shape index (κ3) is 4.67. The van der Waals surface area contributed by atoms with Crippen LogP contribution in [0.25, 0.3) is 32.9 Å². The Kier molecular flexibility index (Phi) is 6.63. The van der Waals surface area contributed by atoms with Gasteiger partial charge < -0.3 is 19.5 Å². The van der Waals surface area contributed by atoms with Crippen molar-refractivity contribution in [1.29, 1.82) is 0 Å². The van der Waals surface area contributed by atoms with Crippen LogP contribution in [0.1, 0.15) is 32.3 Å². The topological polar surface area (TPSA) is 80.6 Å². The number of rotatable bonds is 6. The number of β-amino-alcohol motifs (C(OH)–C–C–N with tert-alkyl or cyclic N) is 1. The van der Waals surface area contributed by atoms with E-state index >= 15 is 4.39 Å². The van der Waals surface area contributed by atoms with Crippen LogP contribution in [-0.4, -0.2) is 52.7 Å². The van der Waals surface area contributed by atoms with E-state index in [1.165, 1.54) is 19.4 Å². The largest absolute Gasteiger partial charge is 0.468 e. The van der Waals surface area contributed by atoms with Crippen LogP contribution in [0.4, 0.5) is 19.0 Å². The van der Waals surface area contributed by atoms with Crippen LogP contribution in [0.15, 0.2) is 30.5 Å². The summed E-state index contributed by atoms with van der Waals surface area (Å²) in [7, 11) is 1.48. The summed E-state index contributed by atoms with van der Waals surface area (Å²) in [5, 5.41) is 11.9. The van der Waals surface area contributed by atoms with Crippen LogP contribution in [0, 0.1) is 17.7 Å². The first-order valence-corrected chi connectivity index (χ1v) is 12.1. The Bertz CT molecular complexity index is 1500. The molecule has 5 rings (SSSR count). The molecule has 1 fully saturated rings. The van der Waals surface area contributed by atoms with Crippen molar-refractivity contribution in [3.8, 4) is 17.0 Å². The first-order chi connectivity index (χ1) is 17.7. The second-order valence-corrected chi connectivity index (χ2v) is 9.52. The van der Waals surface area contributed by atoms with Crippen LogP contribution >= 0.6 is 0 Å². The zero-order valence-corrected chi connectivity index (χ0v) is 20.8. The Morgan fingerprint density at radius 3 is 2.70 bits per heavy atom. The Morgan fingerprint density at radius 1 is 1.16 bits per heavy atom. The molecule has 0 radical (unpaired) electrons. The molecule has 1 aliphatic heterocycles. The smallest absolute Gasteiger partial charge is 0.311 e. The highest BCUT2D eigenvalue weighted by molar-refractivity contribution is 6.01. The molecule has 194 valence electrons. The molecular weight excluding hydrogens is 485 g/mol. The zero-order valence-electron chi connectivity index (χ0n) is 20.8. The SMILES string of the molecule is CCc1c(F)ccc2cc(OCOC)cc(-c3ncc4c(N5CCC[C@@](C)(O)C5)nc(F)nc4c3F)c12. The number of aromatic nitrogens is 3. The number of anilines is 1. The Hall–Kier alpha value is -3.50. The third-order valence-corrected chi connectivity index (χ3v) is 6.70. The number of hydrogen-bond acceptors (Lipinski definition) is 7. The van der Waals surface area contributed by atoms with Gasteiger partial charge in [0.1, 0.15) is 28.6 Å². The minimum Gasteiger partial charge on any atom is -0.468 e. The van der Waals surface area contributed by atoms with Gasteiger partial charge in [-0.3, -0.25) is 4.98 Å². The number of hydrogen-bond donors (Lipinski definition) is 1. The van der Waals surface area contributed by atoms with E-state index in [1.807, 2.05) is 6.92 Å². The van der Waals surface area contributed by atoms with E-state index in [4.69, 9.17) is 9.47 Å². The van der Waals surface area contributed by atoms with E-state index in [0.717, 1.165) is 0 Å². The molecule has 0 aliphatic carbocycles. The van der Waals surface area contributed by atoms with E-state index in [0.29, 0.717) is 53.5 Å². The molecule has 0 spiro atoms. The molecule has 3 heterocycles. The normalized spacial score (nSPS) is 18.1. The highest BCUT2D eigenvalue weighted by atomic mass is 19.1. The average Bonchev–Trinajstić information content (AvgIpc) is 2.86. The first kappa shape index (κ1) is 25.2. The molecule has 1 aliphatic rings. The number of piperidine rings is 1. The second kappa shape index (κ2) is 9.75. The van der Waals surface area contributed by atoms with Gasteiger partial charge in [0.25, 0.3) is 0 Å². The highest BCUT2D eigenvalue weighted by Gasteiger charge is 2.31. The van der Waals surface area contributed by atoms with E-state index in [2.05, 4.69) is 15.0 Å². The quantitative estimate of drug-likeness (QED) is 0.282. The molecule has 1 saturated heterocycles. The lowest BCUT2D eigenvalue weighted by Gasteiger charge is -2.37. The summed E-state index contributed by atoms with van der Waals surface area (Å²) in [5.41, 5.74) is -0.656. The number of fused-ring (bicyclic) bond motifs is 2. The van der Waals surface area contributed by atoms with E-state index in [1.54, 1.807) is 30.0 Å². The zero-order chi connectivity index (χ0) is 26.3. The van der Waals surface area contributed by atoms with Gasteiger partial charge >= 0.3 is 6.08 Å².